The minimum Gasteiger partial charge on any atom is -0.372 e. The first kappa shape index (κ1) is 14.9. The Kier molecular flexibility index (Phi) is 6.99. The van der Waals surface area contributed by atoms with E-state index >= 15 is 0 Å². The van der Waals surface area contributed by atoms with Gasteiger partial charge in [0.1, 0.15) is 0 Å². The van der Waals surface area contributed by atoms with E-state index in [4.69, 9.17) is 16.2 Å². The Balaban J connectivity index is 2.02. The van der Waals surface area contributed by atoms with Gasteiger partial charge >= 0.3 is 0 Å². The quantitative estimate of drug-likeness (QED) is 0.458. The van der Waals surface area contributed by atoms with Crippen molar-refractivity contribution in [1.29, 1.82) is 0 Å². The highest BCUT2D eigenvalue weighted by atomic mass is 16.5. The average molecular weight is 244 g/mol. The summed E-state index contributed by atoms with van der Waals surface area (Å²) in [6.45, 7) is 7.53. The van der Waals surface area contributed by atoms with Crippen LogP contribution in [0.2, 0.25) is 0 Å². The van der Waals surface area contributed by atoms with Gasteiger partial charge in [-0.2, -0.15) is 0 Å². The molecule has 0 bridgehead atoms. The summed E-state index contributed by atoms with van der Waals surface area (Å²) in [6.07, 6.45) is 2.96. The maximum Gasteiger partial charge on any atom is 0.0704 e. The van der Waals surface area contributed by atoms with Gasteiger partial charge in [-0.05, 0) is 26.7 Å². The summed E-state index contributed by atoms with van der Waals surface area (Å²) >= 11 is 0. The molecule has 0 aliphatic carbocycles. The van der Waals surface area contributed by atoms with Crippen LogP contribution in [0, 0.1) is 0 Å². The Labute approximate surface area is 105 Å². The van der Waals surface area contributed by atoms with E-state index in [9.17, 15) is 0 Å². The smallest absolute Gasteiger partial charge is 0.0704 e. The van der Waals surface area contributed by atoms with Crippen molar-refractivity contribution in [2.24, 2.45) is 11.5 Å². The van der Waals surface area contributed by atoms with Crippen molar-refractivity contribution in [1.82, 2.24) is 10.6 Å². The number of ether oxygens (including phenoxy) is 1. The standard InChI is InChI=1S/C12H28N4O/c1-9(13)5-15-7-11-3-4-12(17-11)8-16-6-10(2)14/h9-12,15-16H,3-8,13-14H2,1-2H3. The Bertz CT molecular complexity index is 179. The lowest BCUT2D eigenvalue weighted by atomic mass is 10.2. The molecule has 5 nitrogen and oxygen atoms in total. The molecular formula is C12H28N4O. The van der Waals surface area contributed by atoms with E-state index < -0.39 is 0 Å². The van der Waals surface area contributed by atoms with E-state index in [1.165, 1.54) is 0 Å². The predicted molar refractivity (Wildman–Crippen MR) is 70.9 cm³/mol. The van der Waals surface area contributed by atoms with E-state index in [0.717, 1.165) is 39.0 Å². The molecule has 0 amide bonds. The van der Waals surface area contributed by atoms with Crippen LogP contribution in [0.4, 0.5) is 0 Å². The van der Waals surface area contributed by atoms with Crippen molar-refractivity contribution in [2.75, 3.05) is 26.2 Å². The van der Waals surface area contributed by atoms with Crippen molar-refractivity contribution in [3.63, 3.8) is 0 Å². The lowest BCUT2D eigenvalue weighted by Gasteiger charge is -2.16. The summed E-state index contributed by atoms with van der Waals surface area (Å²) in [5.41, 5.74) is 11.3. The molecule has 0 aromatic rings. The Morgan fingerprint density at radius 3 is 1.76 bits per heavy atom. The number of nitrogens with two attached hydrogens (primary N) is 2. The molecule has 17 heavy (non-hydrogen) atoms. The molecule has 1 saturated heterocycles. The summed E-state index contributed by atoms with van der Waals surface area (Å²) < 4.78 is 5.92. The predicted octanol–water partition coefficient (Wildman–Crippen LogP) is -0.592. The van der Waals surface area contributed by atoms with Crippen LogP contribution in [0.3, 0.4) is 0 Å². The zero-order chi connectivity index (χ0) is 12.7. The van der Waals surface area contributed by atoms with Gasteiger partial charge in [0, 0.05) is 38.3 Å². The molecule has 1 aliphatic heterocycles. The lowest BCUT2D eigenvalue weighted by molar-refractivity contribution is 0.0457. The van der Waals surface area contributed by atoms with E-state index in [-0.39, 0.29) is 12.1 Å². The molecule has 0 aromatic heterocycles. The Morgan fingerprint density at radius 1 is 1.00 bits per heavy atom. The topological polar surface area (TPSA) is 85.3 Å². The largest absolute Gasteiger partial charge is 0.372 e. The van der Waals surface area contributed by atoms with Crippen molar-refractivity contribution in [3.8, 4) is 0 Å². The highest BCUT2D eigenvalue weighted by Gasteiger charge is 2.24. The van der Waals surface area contributed by atoms with E-state index in [2.05, 4.69) is 10.6 Å². The van der Waals surface area contributed by atoms with Crippen LogP contribution in [-0.4, -0.2) is 50.5 Å². The summed E-state index contributed by atoms with van der Waals surface area (Å²) in [5.74, 6) is 0. The minimum absolute atomic E-state index is 0.208. The fourth-order valence-corrected chi connectivity index (χ4v) is 2.02. The van der Waals surface area contributed by atoms with Crippen LogP contribution in [0.5, 0.6) is 0 Å². The number of nitrogens with one attached hydrogen (secondary N) is 2. The van der Waals surface area contributed by atoms with Crippen LogP contribution < -0.4 is 22.1 Å². The molecule has 0 spiro atoms. The highest BCUT2D eigenvalue weighted by Crippen LogP contribution is 2.18. The van der Waals surface area contributed by atoms with Gasteiger partial charge in [0.05, 0.1) is 12.2 Å². The molecule has 5 heteroatoms. The van der Waals surface area contributed by atoms with Gasteiger partial charge < -0.3 is 26.8 Å². The molecule has 4 atom stereocenters. The maximum atomic E-state index is 5.92. The number of hydrogen-bond acceptors (Lipinski definition) is 5. The van der Waals surface area contributed by atoms with Crippen molar-refractivity contribution in [2.45, 2.75) is 51.0 Å². The van der Waals surface area contributed by atoms with Crippen LogP contribution in [0.25, 0.3) is 0 Å². The second-order valence-electron chi connectivity index (χ2n) is 5.23. The van der Waals surface area contributed by atoms with Crippen molar-refractivity contribution in [3.05, 3.63) is 0 Å². The molecule has 0 radical (unpaired) electrons. The molecule has 0 aromatic carbocycles. The first-order chi connectivity index (χ1) is 8.08. The first-order valence-corrected chi connectivity index (χ1v) is 6.66. The van der Waals surface area contributed by atoms with Crippen LogP contribution in [-0.2, 0) is 4.74 Å². The van der Waals surface area contributed by atoms with Gasteiger partial charge in [-0.3, -0.25) is 0 Å². The van der Waals surface area contributed by atoms with Gasteiger partial charge in [-0.15, -0.1) is 0 Å². The molecule has 102 valence electrons. The van der Waals surface area contributed by atoms with Gasteiger partial charge in [-0.25, -0.2) is 0 Å². The fourth-order valence-electron chi connectivity index (χ4n) is 2.02. The molecule has 1 aliphatic rings. The zero-order valence-electron chi connectivity index (χ0n) is 11.1. The molecule has 6 N–H and O–H groups in total. The summed E-state index contributed by atoms with van der Waals surface area (Å²) in [6, 6.07) is 0.416. The zero-order valence-corrected chi connectivity index (χ0v) is 11.1. The SMILES string of the molecule is CC(N)CNCC1CCC(CNCC(C)N)O1. The van der Waals surface area contributed by atoms with Gasteiger partial charge in [0.2, 0.25) is 0 Å². The molecule has 1 fully saturated rings. The number of rotatable bonds is 8. The van der Waals surface area contributed by atoms with Gasteiger partial charge in [0.25, 0.3) is 0 Å². The number of hydrogen-bond donors (Lipinski definition) is 4. The second-order valence-corrected chi connectivity index (χ2v) is 5.23. The Hall–Kier alpha value is -0.200. The fraction of sp³-hybridized carbons (Fsp3) is 1.00. The summed E-state index contributed by atoms with van der Waals surface area (Å²) in [7, 11) is 0. The van der Waals surface area contributed by atoms with E-state index in [0.29, 0.717) is 12.2 Å². The van der Waals surface area contributed by atoms with Gasteiger partial charge in [-0.1, -0.05) is 0 Å². The minimum atomic E-state index is 0.208. The molecular weight excluding hydrogens is 216 g/mol. The van der Waals surface area contributed by atoms with Gasteiger partial charge in [0.15, 0.2) is 0 Å². The van der Waals surface area contributed by atoms with Crippen LogP contribution in [0.1, 0.15) is 26.7 Å². The third-order valence-corrected chi connectivity index (χ3v) is 2.87. The lowest BCUT2D eigenvalue weighted by Crippen LogP contribution is -2.37. The third kappa shape index (κ3) is 6.95. The maximum absolute atomic E-state index is 5.92. The third-order valence-electron chi connectivity index (χ3n) is 2.87. The molecule has 0 saturated carbocycles. The Morgan fingerprint density at radius 2 is 1.41 bits per heavy atom. The average Bonchev–Trinajstić information content (AvgIpc) is 2.65. The van der Waals surface area contributed by atoms with Crippen molar-refractivity contribution >= 4 is 0 Å². The highest BCUT2D eigenvalue weighted by molar-refractivity contribution is 4.77. The van der Waals surface area contributed by atoms with Crippen LogP contribution >= 0.6 is 0 Å². The molecule has 1 rings (SSSR count). The van der Waals surface area contributed by atoms with Crippen molar-refractivity contribution < 1.29 is 4.74 Å². The normalized spacial score (nSPS) is 28.2. The first-order valence-electron chi connectivity index (χ1n) is 6.66. The van der Waals surface area contributed by atoms with E-state index in [1.54, 1.807) is 0 Å². The van der Waals surface area contributed by atoms with Crippen LogP contribution in [0.15, 0.2) is 0 Å². The monoisotopic (exact) mass is 244 g/mol. The summed E-state index contributed by atoms with van der Waals surface area (Å²) in [5, 5.41) is 6.66. The molecule has 1 heterocycles. The molecule has 4 unspecified atom stereocenters. The summed E-state index contributed by atoms with van der Waals surface area (Å²) in [4.78, 5) is 0. The van der Waals surface area contributed by atoms with E-state index in [1.807, 2.05) is 13.8 Å². The second kappa shape index (κ2) is 8.00.